The van der Waals surface area contributed by atoms with Gasteiger partial charge in [-0.3, -0.25) is 4.79 Å². The zero-order chi connectivity index (χ0) is 15.1. The van der Waals surface area contributed by atoms with Crippen LogP contribution < -0.4 is 10.6 Å². The first-order valence-corrected chi connectivity index (χ1v) is 7.02. The molecule has 0 unspecified atom stereocenters. The average Bonchev–Trinajstić information content (AvgIpc) is 2.49. The van der Waals surface area contributed by atoms with E-state index in [0.29, 0.717) is 24.5 Å². The van der Waals surface area contributed by atoms with Gasteiger partial charge >= 0.3 is 0 Å². The van der Waals surface area contributed by atoms with Gasteiger partial charge in [0.2, 0.25) is 5.91 Å². The highest BCUT2D eigenvalue weighted by molar-refractivity contribution is 6.30. The molecule has 2 N–H and O–H groups in total. The molecule has 0 aromatic heterocycles. The number of hydrogen-bond acceptors (Lipinski definition) is 2. The van der Waals surface area contributed by atoms with Crippen LogP contribution in [0.3, 0.4) is 0 Å². The Hall–Kier alpha value is -2.07. The second-order valence-electron chi connectivity index (χ2n) is 4.59. The van der Waals surface area contributed by atoms with Crippen molar-refractivity contribution in [1.29, 1.82) is 0 Å². The van der Waals surface area contributed by atoms with E-state index in [1.807, 2.05) is 12.1 Å². The maximum atomic E-state index is 12.7. The van der Waals surface area contributed by atoms with E-state index in [4.69, 9.17) is 11.6 Å². The van der Waals surface area contributed by atoms with Crippen LogP contribution >= 0.6 is 11.6 Å². The Morgan fingerprint density at radius 1 is 1.05 bits per heavy atom. The van der Waals surface area contributed by atoms with E-state index in [1.165, 1.54) is 12.1 Å². The topological polar surface area (TPSA) is 41.1 Å². The molecule has 0 saturated carbocycles. The van der Waals surface area contributed by atoms with Crippen LogP contribution in [-0.2, 0) is 11.3 Å². The summed E-state index contributed by atoms with van der Waals surface area (Å²) in [5.41, 5.74) is 1.79. The molecular weight excluding hydrogens is 291 g/mol. The number of hydrogen-bond donors (Lipinski definition) is 2. The quantitative estimate of drug-likeness (QED) is 0.856. The number of rotatable bonds is 6. The molecule has 0 saturated heterocycles. The molecule has 0 fully saturated rings. The van der Waals surface area contributed by atoms with Gasteiger partial charge in [0.25, 0.3) is 0 Å². The highest BCUT2D eigenvalue weighted by Gasteiger charge is 2.01. The van der Waals surface area contributed by atoms with Crippen LogP contribution in [0.1, 0.15) is 12.0 Å². The van der Waals surface area contributed by atoms with Crippen molar-refractivity contribution in [2.75, 3.05) is 11.9 Å². The zero-order valence-electron chi connectivity index (χ0n) is 11.4. The number of carbonyl (C=O) groups excluding carboxylic acids is 1. The predicted octanol–water partition coefficient (Wildman–Crippen LogP) is 3.60. The Balaban J connectivity index is 1.67. The molecule has 21 heavy (non-hydrogen) atoms. The Labute approximate surface area is 128 Å². The lowest BCUT2D eigenvalue weighted by Crippen LogP contribution is -2.24. The minimum Gasteiger partial charge on any atom is -0.385 e. The van der Waals surface area contributed by atoms with Crippen LogP contribution in [0.4, 0.5) is 10.1 Å². The molecule has 1 amide bonds. The van der Waals surface area contributed by atoms with Crippen molar-refractivity contribution in [1.82, 2.24) is 5.32 Å². The summed E-state index contributed by atoms with van der Waals surface area (Å²) in [6, 6.07) is 13.4. The van der Waals surface area contributed by atoms with Gasteiger partial charge in [-0.2, -0.15) is 0 Å². The molecule has 2 aromatic carbocycles. The van der Waals surface area contributed by atoms with Gasteiger partial charge in [-0.25, -0.2) is 4.39 Å². The van der Waals surface area contributed by atoms with E-state index in [-0.39, 0.29) is 11.7 Å². The molecule has 0 bridgehead atoms. The minimum atomic E-state index is -0.277. The maximum absolute atomic E-state index is 12.7. The molecule has 0 aliphatic rings. The van der Waals surface area contributed by atoms with Crippen LogP contribution in [0.2, 0.25) is 5.02 Å². The molecule has 5 heteroatoms. The third-order valence-electron chi connectivity index (χ3n) is 2.93. The van der Waals surface area contributed by atoms with Crippen molar-refractivity contribution < 1.29 is 9.18 Å². The summed E-state index contributed by atoms with van der Waals surface area (Å²) in [5.74, 6) is -0.319. The molecule has 0 spiro atoms. The van der Waals surface area contributed by atoms with E-state index in [2.05, 4.69) is 10.6 Å². The second kappa shape index (κ2) is 7.64. The van der Waals surface area contributed by atoms with Crippen LogP contribution in [0.25, 0.3) is 0 Å². The van der Waals surface area contributed by atoms with Gasteiger partial charge in [0.15, 0.2) is 0 Å². The molecule has 0 aliphatic heterocycles. The number of anilines is 1. The lowest BCUT2D eigenvalue weighted by atomic mass is 10.2. The molecule has 0 atom stereocenters. The minimum absolute atomic E-state index is 0.0421. The Morgan fingerprint density at radius 2 is 1.71 bits per heavy atom. The lowest BCUT2D eigenvalue weighted by Gasteiger charge is -2.07. The third kappa shape index (κ3) is 5.44. The third-order valence-corrected chi connectivity index (χ3v) is 3.18. The standard InChI is InChI=1S/C16H16ClFN2O/c17-13-3-1-12(2-4-13)11-20-16(21)9-10-19-15-7-5-14(18)6-8-15/h1-8,19H,9-11H2,(H,20,21). The fraction of sp³-hybridized carbons (Fsp3) is 0.188. The summed E-state index contributed by atoms with van der Waals surface area (Å²) in [4.78, 5) is 11.7. The van der Waals surface area contributed by atoms with Crippen molar-refractivity contribution in [2.45, 2.75) is 13.0 Å². The second-order valence-corrected chi connectivity index (χ2v) is 5.02. The summed E-state index contributed by atoms with van der Waals surface area (Å²) in [5, 5.41) is 6.57. The molecule has 2 rings (SSSR count). The van der Waals surface area contributed by atoms with Gasteiger partial charge in [-0.1, -0.05) is 23.7 Å². The fourth-order valence-electron chi connectivity index (χ4n) is 1.78. The first kappa shape index (κ1) is 15.3. The summed E-state index contributed by atoms with van der Waals surface area (Å²) in [6.45, 7) is 0.977. The number of amides is 1. The molecule has 2 aromatic rings. The number of carbonyl (C=O) groups is 1. The molecule has 0 aliphatic carbocycles. The molecular formula is C16H16ClFN2O. The SMILES string of the molecule is O=C(CCNc1ccc(F)cc1)NCc1ccc(Cl)cc1. The normalized spacial score (nSPS) is 10.2. The van der Waals surface area contributed by atoms with Crippen molar-refractivity contribution in [3.05, 3.63) is 64.9 Å². The summed E-state index contributed by atoms with van der Waals surface area (Å²) >= 11 is 5.79. The van der Waals surface area contributed by atoms with Crippen LogP contribution in [0.5, 0.6) is 0 Å². The highest BCUT2D eigenvalue weighted by atomic mass is 35.5. The number of nitrogens with one attached hydrogen (secondary N) is 2. The monoisotopic (exact) mass is 306 g/mol. The highest BCUT2D eigenvalue weighted by Crippen LogP contribution is 2.09. The van der Waals surface area contributed by atoms with Crippen molar-refractivity contribution in [2.24, 2.45) is 0 Å². The van der Waals surface area contributed by atoms with E-state index in [0.717, 1.165) is 11.3 Å². The summed E-state index contributed by atoms with van der Waals surface area (Å²) in [7, 11) is 0. The zero-order valence-corrected chi connectivity index (χ0v) is 12.2. The lowest BCUT2D eigenvalue weighted by molar-refractivity contribution is -0.121. The smallest absolute Gasteiger partial charge is 0.222 e. The van der Waals surface area contributed by atoms with Gasteiger partial charge in [-0.05, 0) is 42.0 Å². The van der Waals surface area contributed by atoms with Crippen molar-refractivity contribution in [3.63, 3.8) is 0 Å². The molecule has 0 radical (unpaired) electrons. The van der Waals surface area contributed by atoms with Gasteiger partial charge in [0, 0.05) is 30.2 Å². The largest absolute Gasteiger partial charge is 0.385 e. The van der Waals surface area contributed by atoms with Crippen LogP contribution in [-0.4, -0.2) is 12.5 Å². The van der Waals surface area contributed by atoms with Crippen LogP contribution in [0.15, 0.2) is 48.5 Å². The maximum Gasteiger partial charge on any atom is 0.222 e. The molecule has 110 valence electrons. The summed E-state index contributed by atoms with van der Waals surface area (Å²) < 4.78 is 12.7. The van der Waals surface area contributed by atoms with Gasteiger partial charge in [-0.15, -0.1) is 0 Å². The number of halogens is 2. The average molecular weight is 307 g/mol. The van der Waals surface area contributed by atoms with E-state index in [9.17, 15) is 9.18 Å². The van der Waals surface area contributed by atoms with E-state index >= 15 is 0 Å². The predicted molar refractivity (Wildman–Crippen MR) is 82.8 cm³/mol. The van der Waals surface area contributed by atoms with E-state index < -0.39 is 0 Å². The van der Waals surface area contributed by atoms with Gasteiger partial charge < -0.3 is 10.6 Å². The first-order chi connectivity index (χ1) is 10.1. The van der Waals surface area contributed by atoms with E-state index in [1.54, 1.807) is 24.3 Å². The first-order valence-electron chi connectivity index (χ1n) is 6.64. The fourth-order valence-corrected chi connectivity index (χ4v) is 1.91. The van der Waals surface area contributed by atoms with Crippen molar-refractivity contribution in [3.8, 4) is 0 Å². The van der Waals surface area contributed by atoms with Crippen LogP contribution in [0, 0.1) is 5.82 Å². The van der Waals surface area contributed by atoms with Crippen molar-refractivity contribution >= 4 is 23.2 Å². The summed E-state index contributed by atoms with van der Waals surface area (Å²) in [6.07, 6.45) is 0.352. The number of benzene rings is 2. The Bertz CT molecular complexity index is 584. The van der Waals surface area contributed by atoms with Gasteiger partial charge in [0.05, 0.1) is 0 Å². The Kier molecular flexibility index (Phi) is 5.58. The Morgan fingerprint density at radius 3 is 2.38 bits per heavy atom. The molecule has 0 heterocycles. The molecule has 3 nitrogen and oxygen atoms in total. The van der Waals surface area contributed by atoms with Gasteiger partial charge in [0.1, 0.15) is 5.82 Å².